The van der Waals surface area contributed by atoms with Gasteiger partial charge in [-0.3, -0.25) is 9.69 Å². The van der Waals surface area contributed by atoms with E-state index in [4.69, 9.17) is 21.1 Å². The zero-order valence-corrected chi connectivity index (χ0v) is 23.8. The smallest absolute Gasteiger partial charge is 0.255 e. The van der Waals surface area contributed by atoms with E-state index in [0.717, 1.165) is 25.7 Å². The summed E-state index contributed by atoms with van der Waals surface area (Å²) in [6.45, 7) is 4.37. The number of hydrogen-bond donors (Lipinski definition) is 2. The van der Waals surface area contributed by atoms with Crippen LogP contribution in [0.1, 0.15) is 36.0 Å². The molecule has 1 aliphatic heterocycles. The van der Waals surface area contributed by atoms with Crippen LogP contribution < -0.4 is 5.32 Å². The molecule has 0 spiro atoms. The Morgan fingerprint density at radius 3 is 2.37 bits per heavy atom. The third-order valence-corrected chi connectivity index (χ3v) is 11.1. The first-order chi connectivity index (χ1) is 19.5. The van der Waals surface area contributed by atoms with E-state index < -0.39 is 44.0 Å². The second kappa shape index (κ2) is 12.2. The lowest BCUT2D eigenvalue weighted by Gasteiger charge is -2.40. The van der Waals surface area contributed by atoms with Gasteiger partial charge in [0.05, 0.1) is 47.2 Å². The van der Waals surface area contributed by atoms with Gasteiger partial charge in [0.1, 0.15) is 0 Å². The lowest BCUT2D eigenvalue weighted by atomic mass is 9.77. The third-order valence-electron chi connectivity index (χ3n) is 8.25. The maximum atomic E-state index is 13.9. The average molecular weight is 617 g/mol. The van der Waals surface area contributed by atoms with Gasteiger partial charge in [0.15, 0.2) is 27.3 Å². The van der Waals surface area contributed by atoms with Crippen LogP contribution in [0.4, 0.5) is 18.9 Å². The van der Waals surface area contributed by atoms with Crippen molar-refractivity contribution in [1.82, 2.24) is 4.90 Å². The molecule has 2 aromatic carbocycles. The molecule has 3 fully saturated rings. The SMILES string of the molecule is O=C(Nc1cc(F)c(F)c(F)c1)c1ccc(Cl)c(S(=O)(=O)C2C3CC[C@H]2CC(O)(COCCN2CCOCC2)C3)c1. The minimum absolute atomic E-state index is 0.0629. The van der Waals surface area contributed by atoms with Gasteiger partial charge >= 0.3 is 0 Å². The Morgan fingerprint density at radius 2 is 1.73 bits per heavy atom. The highest BCUT2D eigenvalue weighted by atomic mass is 35.5. The molecular weight excluding hydrogens is 585 g/mol. The summed E-state index contributed by atoms with van der Waals surface area (Å²) in [5.41, 5.74) is -1.57. The van der Waals surface area contributed by atoms with Crippen LogP contribution in [0.15, 0.2) is 35.2 Å². The van der Waals surface area contributed by atoms with E-state index in [1.165, 1.54) is 12.1 Å². The Kier molecular flexibility index (Phi) is 8.98. The van der Waals surface area contributed by atoms with Gasteiger partial charge in [-0.1, -0.05) is 11.6 Å². The minimum Gasteiger partial charge on any atom is -0.387 e. The van der Waals surface area contributed by atoms with E-state index in [0.29, 0.717) is 44.8 Å². The molecule has 1 amide bonds. The van der Waals surface area contributed by atoms with Crippen molar-refractivity contribution in [3.63, 3.8) is 0 Å². The molecule has 3 aliphatic rings. The molecule has 4 atom stereocenters. The summed E-state index contributed by atoms with van der Waals surface area (Å²) in [6.07, 6.45) is 1.79. The minimum atomic E-state index is -4.02. The van der Waals surface area contributed by atoms with Gasteiger partial charge in [0.25, 0.3) is 5.91 Å². The van der Waals surface area contributed by atoms with E-state index in [1.54, 1.807) is 0 Å². The van der Waals surface area contributed by atoms with Crippen molar-refractivity contribution in [1.29, 1.82) is 0 Å². The second-order valence-corrected chi connectivity index (χ2v) is 13.6. The van der Waals surface area contributed by atoms with Gasteiger partial charge in [0, 0.05) is 43.0 Å². The van der Waals surface area contributed by atoms with Crippen LogP contribution in [0.25, 0.3) is 0 Å². The van der Waals surface area contributed by atoms with Crippen LogP contribution in [0.3, 0.4) is 0 Å². The molecule has 2 saturated carbocycles. The van der Waals surface area contributed by atoms with Crippen molar-refractivity contribution < 1.29 is 41.0 Å². The van der Waals surface area contributed by atoms with E-state index in [9.17, 15) is 31.5 Å². The average Bonchev–Trinajstić information content (AvgIpc) is 3.23. The monoisotopic (exact) mass is 616 g/mol. The first-order valence-corrected chi connectivity index (χ1v) is 15.5. The number of carbonyl (C=O) groups is 1. The number of fused-ring (bicyclic) bond motifs is 2. The summed E-state index contributed by atoms with van der Waals surface area (Å²) in [4.78, 5) is 14.8. The van der Waals surface area contributed by atoms with Crippen molar-refractivity contribution in [3.05, 3.63) is 58.4 Å². The normalized spacial score (nSPS) is 26.7. The van der Waals surface area contributed by atoms with Crippen LogP contribution in [-0.2, 0) is 19.3 Å². The van der Waals surface area contributed by atoms with Crippen LogP contribution in [0.5, 0.6) is 0 Å². The van der Waals surface area contributed by atoms with Crippen LogP contribution in [0.2, 0.25) is 5.02 Å². The number of morpholine rings is 1. The van der Waals surface area contributed by atoms with Gasteiger partial charge in [0.2, 0.25) is 0 Å². The second-order valence-electron chi connectivity index (χ2n) is 11.1. The third kappa shape index (κ3) is 6.57. The number of ether oxygens (including phenoxy) is 2. The number of rotatable bonds is 9. The van der Waals surface area contributed by atoms with Crippen molar-refractivity contribution in [3.8, 4) is 0 Å². The zero-order chi connectivity index (χ0) is 29.4. The predicted octanol–water partition coefficient (Wildman–Crippen LogP) is 4.05. The van der Waals surface area contributed by atoms with Gasteiger partial charge in [-0.25, -0.2) is 21.6 Å². The van der Waals surface area contributed by atoms with Gasteiger partial charge in [-0.05, 0) is 55.7 Å². The number of carbonyl (C=O) groups excluding carboxylic acids is 1. The predicted molar refractivity (Wildman–Crippen MR) is 145 cm³/mol. The largest absolute Gasteiger partial charge is 0.387 e. The molecule has 2 aromatic rings. The summed E-state index contributed by atoms with van der Waals surface area (Å²) in [6, 6.07) is 4.94. The van der Waals surface area contributed by atoms with Gasteiger partial charge in [-0.15, -0.1) is 0 Å². The van der Waals surface area contributed by atoms with E-state index in [2.05, 4.69) is 10.2 Å². The fourth-order valence-electron chi connectivity index (χ4n) is 6.38. The molecule has 1 heterocycles. The fraction of sp³-hybridized carbons (Fsp3) is 0.536. The van der Waals surface area contributed by atoms with Gasteiger partial charge < -0.3 is 19.9 Å². The highest BCUT2D eigenvalue weighted by Gasteiger charge is 2.54. The van der Waals surface area contributed by atoms with E-state index >= 15 is 0 Å². The van der Waals surface area contributed by atoms with E-state index in [-0.39, 0.29) is 52.5 Å². The molecular formula is C28H32ClF3N2O6S. The van der Waals surface area contributed by atoms with Crippen molar-refractivity contribution in [2.24, 2.45) is 11.8 Å². The summed E-state index contributed by atoms with van der Waals surface area (Å²) in [5, 5.41) is 12.7. The molecule has 3 unspecified atom stereocenters. The van der Waals surface area contributed by atoms with Crippen LogP contribution >= 0.6 is 11.6 Å². The number of aliphatic hydroxyl groups is 1. The first-order valence-electron chi connectivity index (χ1n) is 13.6. The first kappa shape index (κ1) is 30.2. The lowest BCUT2D eigenvalue weighted by Crippen LogP contribution is -2.49. The summed E-state index contributed by atoms with van der Waals surface area (Å²) in [5.74, 6) is -6.10. The number of hydrogen-bond acceptors (Lipinski definition) is 7. The summed E-state index contributed by atoms with van der Waals surface area (Å²) < 4.78 is 79.4. The van der Waals surface area contributed by atoms with E-state index in [1.807, 2.05) is 0 Å². The number of sulfone groups is 1. The molecule has 13 heteroatoms. The molecule has 224 valence electrons. The molecule has 2 N–H and O–H groups in total. The van der Waals surface area contributed by atoms with Crippen molar-refractivity contribution >= 4 is 33.0 Å². The Hall–Kier alpha value is -2.22. The number of amides is 1. The van der Waals surface area contributed by atoms with Crippen LogP contribution in [0, 0.1) is 29.3 Å². The van der Waals surface area contributed by atoms with Crippen LogP contribution in [-0.4, -0.2) is 81.2 Å². The molecule has 0 aromatic heterocycles. The molecule has 2 aliphatic carbocycles. The number of anilines is 1. The number of halogens is 4. The Labute approximate surface area is 241 Å². The molecule has 5 rings (SSSR count). The van der Waals surface area contributed by atoms with Gasteiger partial charge in [-0.2, -0.15) is 0 Å². The highest BCUT2D eigenvalue weighted by Crippen LogP contribution is 2.51. The number of nitrogens with one attached hydrogen (secondary N) is 1. The highest BCUT2D eigenvalue weighted by molar-refractivity contribution is 7.92. The van der Waals surface area contributed by atoms with Crippen molar-refractivity contribution in [2.45, 2.75) is 41.4 Å². The Bertz CT molecular complexity index is 1370. The summed E-state index contributed by atoms with van der Waals surface area (Å²) in [7, 11) is -4.02. The number of benzene rings is 2. The Morgan fingerprint density at radius 1 is 1.10 bits per heavy atom. The fourth-order valence-corrected chi connectivity index (χ4v) is 9.23. The zero-order valence-electron chi connectivity index (χ0n) is 22.3. The molecule has 8 nitrogen and oxygen atoms in total. The topological polar surface area (TPSA) is 105 Å². The number of nitrogens with zero attached hydrogens (tertiary/aromatic N) is 1. The standard InChI is InChI=1S/C28H32ClF3N2O6S/c29-21-4-3-17(27(35)33-20-12-22(30)25(32)23(31)13-20)11-24(21)41(37,38)26-18-1-2-19(26)15-28(36,14-18)16-40-10-7-34-5-8-39-9-6-34/h3-4,11-13,18-19,26,36H,1-2,5-10,14-16H2,(H,33,35)/t18-,19?,26?,28?/m0/s1. The lowest BCUT2D eigenvalue weighted by molar-refractivity contribution is -0.0865. The molecule has 2 bridgehead atoms. The van der Waals surface area contributed by atoms with Crippen molar-refractivity contribution in [2.75, 3.05) is 51.4 Å². The molecule has 0 radical (unpaired) electrons. The molecule has 41 heavy (non-hydrogen) atoms. The summed E-state index contributed by atoms with van der Waals surface area (Å²) >= 11 is 6.31. The molecule has 1 saturated heterocycles. The Balaban J connectivity index is 1.26. The maximum absolute atomic E-state index is 13.9. The quantitative estimate of drug-likeness (QED) is 0.324. The maximum Gasteiger partial charge on any atom is 0.255 e.